The highest BCUT2D eigenvalue weighted by Gasteiger charge is 2.07. The first-order chi connectivity index (χ1) is 7.63. The Bertz CT molecular complexity index is 299. The third kappa shape index (κ3) is 4.29. The molecule has 16 heavy (non-hydrogen) atoms. The lowest BCUT2D eigenvalue weighted by molar-refractivity contribution is 0.268. The number of rotatable bonds is 6. The van der Waals surface area contributed by atoms with Crippen LogP contribution in [0.5, 0.6) is 0 Å². The zero-order valence-corrected chi connectivity index (χ0v) is 9.91. The molecule has 1 rings (SSSR count). The Hall–Kier alpha value is -0.930. The van der Waals surface area contributed by atoms with Crippen molar-refractivity contribution in [2.24, 2.45) is 0 Å². The Kier molecular flexibility index (Phi) is 5.43. The molecule has 0 aliphatic rings. The van der Waals surface area contributed by atoms with Gasteiger partial charge in [0.05, 0.1) is 0 Å². The standard InChI is InChI=1S/C13H20FNO/c1-10(9-15-11(2)7-8-16)12-3-5-13(14)6-4-12/h3-6,10-11,15-16H,7-9H2,1-2H3/t10?,11-/m1/s1. The lowest BCUT2D eigenvalue weighted by Gasteiger charge is -2.17. The maximum Gasteiger partial charge on any atom is 0.123 e. The summed E-state index contributed by atoms with van der Waals surface area (Å²) in [6, 6.07) is 6.93. The molecule has 1 aromatic rings. The molecule has 90 valence electrons. The number of aliphatic hydroxyl groups excluding tert-OH is 1. The van der Waals surface area contributed by atoms with Gasteiger partial charge in [-0.3, -0.25) is 0 Å². The van der Waals surface area contributed by atoms with Crippen LogP contribution in [0.15, 0.2) is 24.3 Å². The van der Waals surface area contributed by atoms with Gasteiger partial charge in [0.25, 0.3) is 0 Å². The molecule has 0 saturated heterocycles. The zero-order chi connectivity index (χ0) is 12.0. The summed E-state index contributed by atoms with van der Waals surface area (Å²) in [7, 11) is 0. The van der Waals surface area contributed by atoms with Crippen LogP contribution in [-0.4, -0.2) is 24.3 Å². The number of hydrogen-bond donors (Lipinski definition) is 2. The van der Waals surface area contributed by atoms with Crippen molar-refractivity contribution >= 4 is 0 Å². The molecule has 2 atom stereocenters. The molecule has 1 unspecified atom stereocenters. The minimum atomic E-state index is -0.197. The van der Waals surface area contributed by atoms with Crippen molar-refractivity contribution in [3.05, 3.63) is 35.6 Å². The van der Waals surface area contributed by atoms with Crippen LogP contribution in [0, 0.1) is 5.82 Å². The fraction of sp³-hybridized carbons (Fsp3) is 0.538. The van der Waals surface area contributed by atoms with Crippen LogP contribution < -0.4 is 5.32 Å². The summed E-state index contributed by atoms with van der Waals surface area (Å²) in [6.07, 6.45) is 0.760. The molecule has 0 bridgehead atoms. The van der Waals surface area contributed by atoms with E-state index in [1.54, 1.807) is 0 Å². The Morgan fingerprint density at radius 1 is 1.25 bits per heavy atom. The second kappa shape index (κ2) is 6.61. The van der Waals surface area contributed by atoms with Gasteiger partial charge in [-0.25, -0.2) is 4.39 Å². The summed E-state index contributed by atoms with van der Waals surface area (Å²) in [5.41, 5.74) is 1.13. The second-order valence-electron chi connectivity index (χ2n) is 4.27. The van der Waals surface area contributed by atoms with Crippen molar-refractivity contribution in [2.75, 3.05) is 13.2 Å². The van der Waals surface area contributed by atoms with Gasteiger partial charge in [-0.1, -0.05) is 19.1 Å². The van der Waals surface area contributed by atoms with E-state index >= 15 is 0 Å². The van der Waals surface area contributed by atoms with Gasteiger partial charge in [-0.15, -0.1) is 0 Å². The molecule has 0 aliphatic carbocycles. The Morgan fingerprint density at radius 2 is 1.88 bits per heavy atom. The molecule has 0 saturated carbocycles. The van der Waals surface area contributed by atoms with Crippen LogP contribution in [0.2, 0.25) is 0 Å². The van der Waals surface area contributed by atoms with Gasteiger partial charge in [0, 0.05) is 19.2 Å². The van der Waals surface area contributed by atoms with Crippen LogP contribution in [0.3, 0.4) is 0 Å². The van der Waals surface area contributed by atoms with E-state index < -0.39 is 0 Å². The first-order valence-corrected chi connectivity index (χ1v) is 5.73. The second-order valence-corrected chi connectivity index (χ2v) is 4.27. The topological polar surface area (TPSA) is 32.3 Å². The van der Waals surface area contributed by atoms with E-state index in [0.29, 0.717) is 12.0 Å². The van der Waals surface area contributed by atoms with Crippen molar-refractivity contribution in [2.45, 2.75) is 32.2 Å². The van der Waals surface area contributed by atoms with E-state index in [9.17, 15) is 4.39 Å². The molecule has 2 N–H and O–H groups in total. The van der Waals surface area contributed by atoms with Crippen LogP contribution in [-0.2, 0) is 0 Å². The molecule has 0 fully saturated rings. The number of halogens is 1. The van der Waals surface area contributed by atoms with Crippen molar-refractivity contribution in [1.82, 2.24) is 5.32 Å². The Labute approximate surface area is 96.5 Å². The van der Waals surface area contributed by atoms with Crippen LogP contribution >= 0.6 is 0 Å². The van der Waals surface area contributed by atoms with E-state index in [1.165, 1.54) is 12.1 Å². The summed E-state index contributed by atoms with van der Waals surface area (Å²) in [5.74, 6) is 0.152. The average molecular weight is 225 g/mol. The molecule has 0 heterocycles. The first kappa shape index (κ1) is 13.1. The van der Waals surface area contributed by atoms with Crippen molar-refractivity contribution < 1.29 is 9.50 Å². The third-order valence-electron chi connectivity index (χ3n) is 2.77. The van der Waals surface area contributed by atoms with Crippen molar-refractivity contribution in [3.8, 4) is 0 Å². The summed E-state index contributed by atoms with van der Waals surface area (Å²) in [6.45, 7) is 5.20. The lowest BCUT2D eigenvalue weighted by Crippen LogP contribution is -2.30. The van der Waals surface area contributed by atoms with Crippen LogP contribution in [0.1, 0.15) is 31.7 Å². The molecule has 1 aromatic carbocycles. The number of hydrogen-bond acceptors (Lipinski definition) is 2. The largest absolute Gasteiger partial charge is 0.396 e. The number of aliphatic hydroxyl groups is 1. The Morgan fingerprint density at radius 3 is 2.44 bits per heavy atom. The first-order valence-electron chi connectivity index (χ1n) is 5.73. The maximum absolute atomic E-state index is 12.7. The van der Waals surface area contributed by atoms with Gasteiger partial charge in [0.1, 0.15) is 5.82 Å². The maximum atomic E-state index is 12.7. The van der Waals surface area contributed by atoms with Crippen LogP contribution in [0.4, 0.5) is 4.39 Å². The van der Waals surface area contributed by atoms with E-state index in [0.717, 1.165) is 18.5 Å². The third-order valence-corrected chi connectivity index (χ3v) is 2.77. The minimum absolute atomic E-state index is 0.197. The summed E-state index contributed by atoms with van der Waals surface area (Å²) < 4.78 is 12.7. The highest BCUT2D eigenvalue weighted by molar-refractivity contribution is 5.20. The zero-order valence-electron chi connectivity index (χ0n) is 9.91. The minimum Gasteiger partial charge on any atom is -0.396 e. The molecule has 3 heteroatoms. The van der Waals surface area contributed by atoms with Gasteiger partial charge >= 0.3 is 0 Å². The highest BCUT2D eigenvalue weighted by atomic mass is 19.1. The fourth-order valence-corrected chi connectivity index (χ4v) is 1.58. The quantitative estimate of drug-likeness (QED) is 0.778. The van der Waals surface area contributed by atoms with Gasteiger partial charge in [0.15, 0.2) is 0 Å². The summed E-state index contributed by atoms with van der Waals surface area (Å²) in [4.78, 5) is 0. The molecular weight excluding hydrogens is 205 g/mol. The van der Waals surface area contributed by atoms with E-state index in [4.69, 9.17) is 5.11 Å². The monoisotopic (exact) mass is 225 g/mol. The molecule has 0 spiro atoms. The number of benzene rings is 1. The lowest BCUT2D eigenvalue weighted by atomic mass is 10.0. The van der Waals surface area contributed by atoms with E-state index in [1.807, 2.05) is 19.1 Å². The highest BCUT2D eigenvalue weighted by Crippen LogP contribution is 2.14. The van der Waals surface area contributed by atoms with Crippen molar-refractivity contribution in [3.63, 3.8) is 0 Å². The predicted molar refractivity (Wildman–Crippen MR) is 64.0 cm³/mol. The predicted octanol–water partition coefficient (Wildman–Crippen LogP) is 2.29. The normalized spacial score (nSPS) is 14.8. The molecule has 0 aliphatic heterocycles. The molecule has 2 nitrogen and oxygen atoms in total. The smallest absolute Gasteiger partial charge is 0.123 e. The van der Waals surface area contributed by atoms with E-state index in [-0.39, 0.29) is 12.4 Å². The average Bonchev–Trinajstić information content (AvgIpc) is 2.27. The molecule has 0 radical (unpaired) electrons. The molecule has 0 aromatic heterocycles. The molecule has 0 amide bonds. The van der Waals surface area contributed by atoms with E-state index in [2.05, 4.69) is 12.2 Å². The van der Waals surface area contributed by atoms with Gasteiger partial charge in [0.2, 0.25) is 0 Å². The van der Waals surface area contributed by atoms with Gasteiger partial charge < -0.3 is 10.4 Å². The Balaban J connectivity index is 2.40. The van der Waals surface area contributed by atoms with Gasteiger partial charge in [-0.05, 0) is 37.0 Å². The summed E-state index contributed by atoms with van der Waals surface area (Å²) in [5, 5.41) is 12.1. The van der Waals surface area contributed by atoms with Crippen LogP contribution in [0.25, 0.3) is 0 Å². The molecular formula is C13H20FNO. The number of nitrogens with one attached hydrogen (secondary N) is 1. The SMILES string of the molecule is CC(CN[C@H](C)CCO)c1ccc(F)cc1. The van der Waals surface area contributed by atoms with Crippen molar-refractivity contribution in [1.29, 1.82) is 0 Å². The summed E-state index contributed by atoms with van der Waals surface area (Å²) >= 11 is 0. The fourth-order valence-electron chi connectivity index (χ4n) is 1.58. The van der Waals surface area contributed by atoms with Gasteiger partial charge in [-0.2, -0.15) is 0 Å².